The van der Waals surface area contributed by atoms with Crippen molar-refractivity contribution in [2.45, 2.75) is 33.1 Å². The smallest absolute Gasteiger partial charge is 0.257 e. The summed E-state index contributed by atoms with van der Waals surface area (Å²) in [4.78, 5) is 28.8. The van der Waals surface area contributed by atoms with Crippen LogP contribution in [-0.4, -0.2) is 48.3 Å². The van der Waals surface area contributed by atoms with Gasteiger partial charge >= 0.3 is 0 Å². The van der Waals surface area contributed by atoms with Crippen molar-refractivity contribution in [2.24, 2.45) is 5.41 Å². The fraction of sp³-hybridized carbons (Fsp3) is 0.625. The number of hydrogen-bond acceptors (Lipinski definition) is 3. The zero-order chi connectivity index (χ0) is 15.2. The van der Waals surface area contributed by atoms with Gasteiger partial charge in [0.15, 0.2) is 0 Å². The first-order valence-corrected chi connectivity index (χ1v) is 7.55. The number of furan rings is 1. The van der Waals surface area contributed by atoms with Crippen LogP contribution in [0.3, 0.4) is 0 Å². The number of likely N-dealkylation sites (tertiary alicyclic amines) is 2. The Morgan fingerprint density at radius 3 is 2.71 bits per heavy atom. The van der Waals surface area contributed by atoms with Crippen molar-refractivity contribution in [1.29, 1.82) is 0 Å². The molecule has 1 atom stereocenters. The van der Waals surface area contributed by atoms with Crippen LogP contribution in [0, 0.1) is 19.3 Å². The van der Waals surface area contributed by atoms with Crippen LogP contribution in [0.2, 0.25) is 0 Å². The monoisotopic (exact) mass is 290 g/mol. The van der Waals surface area contributed by atoms with E-state index in [1.807, 2.05) is 30.7 Å². The summed E-state index contributed by atoms with van der Waals surface area (Å²) in [5.41, 5.74) is 0.274. The lowest BCUT2D eigenvalue weighted by Gasteiger charge is -2.37. The van der Waals surface area contributed by atoms with E-state index in [-0.39, 0.29) is 17.2 Å². The van der Waals surface area contributed by atoms with Crippen molar-refractivity contribution in [2.75, 3.05) is 26.7 Å². The Labute approximate surface area is 124 Å². The lowest BCUT2D eigenvalue weighted by molar-refractivity contribution is -0.143. The third-order valence-corrected chi connectivity index (χ3v) is 4.86. The Hall–Kier alpha value is -1.78. The molecule has 21 heavy (non-hydrogen) atoms. The summed E-state index contributed by atoms with van der Waals surface area (Å²) >= 11 is 0. The Morgan fingerprint density at radius 2 is 2.05 bits per heavy atom. The predicted molar refractivity (Wildman–Crippen MR) is 78.0 cm³/mol. The number of carbonyl (C=O) groups is 2. The third-order valence-electron chi connectivity index (χ3n) is 4.86. The molecule has 3 rings (SSSR count). The molecule has 1 aromatic rings. The summed E-state index contributed by atoms with van der Waals surface area (Å²) in [6.07, 6.45) is 2.69. The summed E-state index contributed by atoms with van der Waals surface area (Å²) < 4.78 is 5.45. The molecule has 0 radical (unpaired) electrons. The van der Waals surface area contributed by atoms with E-state index in [0.717, 1.165) is 31.6 Å². The third kappa shape index (κ3) is 2.24. The second-order valence-corrected chi connectivity index (χ2v) is 6.41. The van der Waals surface area contributed by atoms with E-state index in [4.69, 9.17) is 4.42 Å². The van der Waals surface area contributed by atoms with Crippen LogP contribution in [0.4, 0.5) is 0 Å². The molecule has 2 saturated heterocycles. The van der Waals surface area contributed by atoms with Gasteiger partial charge < -0.3 is 14.2 Å². The minimum absolute atomic E-state index is 0.0118. The van der Waals surface area contributed by atoms with E-state index >= 15 is 0 Å². The Balaban J connectivity index is 1.79. The number of piperidine rings is 1. The summed E-state index contributed by atoms with van der Waals surface area (Å²) in [7, 11) is 1.86. The molecule has 0 bridgehead atoms. The highest BCUT2D eigenvalue weighted by Crippen LogP contribution is 2.40. The second-order valence-electron chi connectivity index (χ2n) is 6.41. The average molecular weight is 290 g/mol. The Morgan fingerprint density at radius 1 is 1.29 bits per heavy atom. The normalized spacial score (nSPS) is 26.0. The maximum atomic E-state index is 12.6. The fourth-order valence-electron chi connectivity index (χ4n) is 3.71. The van der Waals surface area contributed by atoms with Gasteiger partial charge in [-0.2, -0.15) is 0 Å². The number of hydrogen-bond donors (Lipinski definition) is 0. The van der Waals surface area contributed by atoms with Crippen molar-refractivity contribution >= 4 is 11.8 Å². The van der Waals surface area contributed by atoms with E-state index in [9.17, 15) is 9.59 Å². The zero-order valence-corrected chi connectivity index (χ0v) is 12.9. The summed E-state index contributed by atoms with van der Waals surface area (Å²) in [5, 5.41) is 0. The van der Waals surface area contributed by atoms with Crippen molar-refractivity contribution in [3.8, 4) is 0 Å². The van der Waals surface area contributed by atoms with Crippen LogP contribution in [0.1, 0.15) is 41.1 Å². The molecule has 1 spiro atoms. The zero-order valence-electron chi connectivity index (χ0n) is 12.9. The van der Waals surface area contributed by atoms with Crippen LogP contribution < -0.4 is 0 Å². The average Bonchev–Trinajstić information content (AvgIpc) is 3.00. The molecule has 2 aliphatic heterocycles. The molecule has 1 aromatic heterocycles. The molecular formula is C16H22N2O3. The van der Waals surface area contributed by atoms with Gasteiger partial charge in [0.1, 0.15) is 11.5 Å². The first-order valence-electron chi connectivity index (χ1n) is 7.55. The molecule has 114 valence electrons. The van der Waals surface area contributed by atoms with Gasteiger partial charge in [-0.25, -0.2) is 0 Å². The largest absolute Gasteiger partial charge is 0.466 e. The van der Waals surface area contributed by atoms with Gasteiger partial charge in [0.05, 0.1) is 11.0 Å². The molecule has 0 saturated carbocycles. The molecule has 3 heterocycles. The fourth-order valence-corrected chi connectivity index (χ4v) is 3.71. The van der Waals surface area contributed by atoms with Crippen LogP contribution in [0.5, 0.6) is 0 Å². The minimum atomic E-state index is -0.352. The molecule has 5 nitrogen and oxygen atoms in total. The van der Waals surface area contributed by atoms with Crippen LogP contribution in [-0.2, 0) is 4.79 Å². The first-order chi connectivity index (χ1) is 9.93. The Kier molecular flexibility index (Phi) is 3.30. The number of aryl methyl sites for hydroxylation is 2. The van der Waals surface area contributed by atoms with Gasteiger partial charge in [0.2, 0.25) is 5.91 Å². The maximum Gasteiger partial charge on any atom is 0.257 e. The lowest BCUT2D eigenvalue weighted by atomic mass is 9.78. The standard InChI is InChI=1S/C16H22N2O3/c1-11-9-13(12(2)21-11)14(19)18-8-6-16(10-18)5-4-7-17(3)15(16)20/h9H,4-8,10H2,1-3H3. The molecule has 0 N–H and O–H groups in total. The molecule has 5 heteroatoms. The van der Waals surface area contributed by atoms with Gasteiger partial charge in [0, 0.05) is 26.7 Å². The molecule has 0 aliphatic carbocycles. The van der Waals surface area contributed by atoms with Gasteiger partial charge in [0.25, 0.3) is 5.91 Å². The molecule has 2 aliphatic rings. The summed E-state index contributed by atoms with van der Waals surface area (Å²) in [6.45, 7) is 5.68. The summed E-state index contributed by atoms with van der Waals surface area (Å²) in [6, 6.07) is 1.79. The van der Waals surface area contributed by atoms with E-state index in [2.05, 4.69) is 0 Å². The van der Waals surface area contributed by atoms with Gasteiger partial charge in [-0.3, -0.25) is 9.59 Å². The van der Waals surface area contributed by atoms with Crippen LogP contribution in [0.15, 0.2) is 10.5 Å². The van der Waals surface area contributed by atoms with Crippen LogP contribution >= 0.6 is 0 Å². The highest BCUT2D eigenvalue weighted by molar-refractivity contribution is 5.96. The minimum Gasteiger partial charge on any atom is -0.466 e. The Bertz CT molecular complexity index is 592. The molecule has 0 aromatic carbocycles. The van der Waals surface area contributed by atoms with E-state index in [1.54, 1.807) is 6.07 Å². The predicted octanol–water partition coefficient (Wildman–Crippen LogP) is 1.98. The van der Waals surface area contributed by atoms with E-state index < -0.39 is 0 Å². The highest BCUT2D eigenvalue weighted by atomic mass is 16.3. The summed E-state index contributed by atoms with van der Waals surface area (Å²) in [5.74, 6) is 1.59. The second kappa shape index (κ2) is 4.90. The van der Waals surface area contributed by atoms with Crippen molar-refractivity contribution in [3.05, 3.63) is 23.2 Å². The quantitative estimate of drug-likeness (QED) is 0.794. The van der Waals surface area contributed by atoms with E-state index in [1.165, 1.54) is 0 Å². The van der Waals surface area contributed by atoms with Gasteiger partial charge in [-0.1, -0.05) is 0 Å². The van der Waals surface area contributed by atoms with Crippen LogP contribution in [0.25, 0.3) is 0 Å². The SMILES string of the molecule is Cc1cc(C(=O)N2CCC3(CCCN(C)C3=O)C2)c(C)o1. The number of nitrogens with zero attached hydrogens (tertiary/aromatic N) is 2. The molecular weight excluding hydrogens is 268 g/mol. The van der Waals surface area contributed by atoms with Crippen molar-refractivity contribution in [3.63, 3.8) is 0 Å². The molecule has 1 unspecified atom stereocenters. The topological polar surface area (TPSA) is 53.8 Å². The van der Waals surface area contributed by atoms with Gasteiger partial charge in [-0.05, 0) is 39.2 Å². The maximum absolute atomic E-state index is 12.6. The van der Waals surface area contributed by atoms with Crippen molar-refractivity contribution < 1.29 is 14.0 Å². The lowest BCUT2D eigenvalue weighted by Crippen LogP contribution is -2.48. The van der Waals surface area contributed by atoms with E-state index in [0.29, 0.717) is 24.4 Å². The molecule has 2 fully saturated rings. The number of carbonyl (C=O) groups excluding carboxylic acids is 2. The van der Waals surface area contributed by atoms with Crippen molar-refractivity contribution in [1.82, 2.24) is 9.80 Å². The number of amides is 2. The number of rotatable bonds is 1. The highest BCUT2D eigenvalue weighted by Gasteiger charge is 2.48. The van der Waals surface area contributed by atoms with Gasteiger partial charge in [-0.15, -0.1) is 0 Å². The molecule has 2 amide bonds. The first kappa shape index (κ1) is 14.2.